The highest BCUT2D eigenvalue weighted by molar-refractivity contribution is 8.45. The zero-order chi connectivity index (χ0) is 24.5. The number of nitrogens with one attached hydrogen (secondary N) is 1. The van der Waals surface area contributed by atoms with E-state index in [2.05, 4.69) is 10.3 Å². The first-order valence-corrected chi connectivity index (χ1v) is 11.2. The lowest BCUT2D eigenvalue weighted by atomic mass is 10.1. The minimum Gasteiger partial charge on any atom is -0.497 e. The fourth-order valence-corrected chi connectivity index (χ4v) is 3.57. The molecule has 1 N–H and O–H groups in total. The molecule has 2 aromatic carbocycles. The minimum atomic E-state index is -9.86. The normalized spacial score (nSPS) is 13.5. The smallest absolute Gasteiger partial charge is 0.340 e. The van der Waals surface area contributed by atoms with E-state index in [-0.39, 0.29) is 29.3 Å². The van der Waals surface area contributed by atoms with Gasteiger partial charge < -0.3 is 19.5 Å². The van der Waals surface area contributed by atoms with E-state index in [0.717, 1.165) is 0 Å². The quantitative estimate of drug-likeness (QED) is 0.259. The summed E-state index contributed by atoms with van der Waals surface area (Å²) >= 11 is 5.70. The van der Waals surface area contributed by atoms with E-state index in [1.54, 1.807) is 12.1 Å². The van der Waals surface area contributed by atoms with Crippen molar-refractivity contribution in [3.8, 4) is 17.4 Å². The van der Waals surface area contributed by atoms with Gasteiger partial charge in [0, 0.05) is 6.07 Å². The third-order valence-electron chi connectivity index (χ3n) is 4.21. The van der Waals surface area contributed by atoms with Crippen LogP contribution in [0.15, 0.2) is 59.6 Å². The molecule has 3 rings (SSSR count). The minimum absolute atomic E-state index is 0.0644. The van der Waals surface area contributed by atoms with Crippen molar-refractivity contribution in [3.63, 3.8) is 0 Å². The largest absolute Gasteiger partial charge is 0.497 e. The van der Waals surface area contributed by atoms with E-state index < -0.39 is 26.1 Å². The number of pyridine rings is 1. The van der Waals surface area contributed by atoms with Crippen molar-refractivity contribution in [2.75, 3.05) is 19.5 Å². The third kappa shape index (κ3) is 5.96. The molecule has 0 saturated carbocycles. The second kappa shape index (κ2) is 7.96. The summed E-state index contributed by atoms with van der Waals surface area (Å²) in [6.45, 7) is 0. The molecule has 0 bridgehead atoms. The molecule has 0 fully saturated rings. The Balaban J connectivity index is 1.79. The van der Waals surface area contributed by atoms with Gasteiger partial charge in [0.05, 0.1) is 42.4 Å². The zero-order valence-electron chi connectivity index (χ0n) is 17.0. The van der Waals surface area contributed by atoms with Crippen LogP contribution in [0.4, 0.5) is 30.8 Å². The molecule has 6 nitrogen and oxygen atoms in total. The van der Waals surface area contributed by atoms with Crippen molar-refractivity contribution in [3.05, 3.63) is 65.3 Å². The van der Waals surface area contributed by atoms with Gasteiger partial charge in [-0.1, -0.05) is 31.0 Å². The van der Waals surface area contributed by atoms with E-state index >= 15 is 0 Å². The molecule has 0 amide bonds. The monoisotopic (exact) mass is 510 g/mol. The molecule has 0 aliphatic heterocycles. The number of aromatic nitrogens is 1. The number of ether oxygens (including phenoxy) is 3. The molecule has 0 radical (unpaired) electrons. The van der Waals surface area contributed by atoms with Crippen molar-refractivity contribution < 1.29 is 38.4 Å². The number of carbonyl (C=O) groups is 1. The lowest BCUT2D eigenvalue weighted by molar-refractivity contribution is 0.0601. The number of carbonyl (C=O) groups excluding carboxylic acids is 1. The average molecular weight is 511 g/mol. The van der Waals surface area contributed by atoms with Gasteiger partial charge in [-0.25, -0.2) is 9.78 Å². The fraction of sp³-hybridized carbons (Fsp3) is 0.100. The average Bonchev–Trinajstić information content (AvgIpc) is 2.74. The standard InChI is InChI=1S/C20H16ClF5N2O4S/c1-30-13-4-6-17(15(9-13)20(29)31-2)28-12-3-8-19(27-11-12)32-18-7-5-14(10-16(18)21)33(22,23,24,25)26/h3-11,28H,1-2H3. The number of rotatable bonds is 7. The summed E-state index contributed by atoms with van der Waals surface area (Å²) in [5.74, 6) is -0.520. The van der Waals surface area contributed by atoms with Crippen LogP contribution in [-0.2, 0) is 4.74 Å². The molecule has 13 heteroatoms. The number of hydrogen-bond acceptors (Lipinski definition) is 6. The summed E-state index contributed by atoms with van der Waals surface area (Å²) in [5.41, 5.74) is 1.03. The Labute approximate surface area is 190 Å². The number of benzene rings is 2. The highest BCUT2D eigenvalue weighted by atomic mass is 35.5. The van der Waals surface area contributed by atoms with Crippen LogP contribution in [0.3, 0.4) is 0 Å². The van der Waals surface area contributed by atoms with Crippen molar-refractivity contribution in [2.45, 2.75) is 4.90 Å². The number of anilines is 2. The highest BCUT2D eigenvalue weighted by Crippen LogP contribution is 3.02. The molecule has 33 heavy (non-hydrogen) atoms. The third-order valence-corrected chi connectivity index (χ3v) is 5.65. The lowest BCUT2D eigenvalue weighted by Gasteiger charge is -2.40. The SMILES string of the molecule is COC(=O)c1cc(OC)ccc1Nc1ccc(Oc2ccc(S(F)(F)(F)(F)F)cc2Cl)nc1. The maximum atomic E-state index is 12.9. The van der Waals surface area contributed by atoms with Crippen LogP contribution < -0.4 is 14.8 Å². The predicted octanol–water partition coefficient (Wildman–Crippen LogP) is 7.72. The van der Waals surface area contributed by atoms with Crippen molar-refractivity contribution in [1.29, 1.82) is 0 Å². The van der Waals surface area contributed by atoms with Gasteiger partial charge >= 0.3 is 16.2 Å². The number of methoxy groups -OCH3 is 2. The molecular formula is C20H16ClF5N2O4S. The van der Waals surface area contributed by atoms with E-state index in [1.807, 2.05) is 0 Å². The Morgan fingerprint density at radius 1 is 1.00 bits per heavy atom. The lowest BCUT2D eigenvalue weighted by Crippen LogP contribution is -2.06. The molecule has 0 saturated heterocycles. The number of esters is 1. The van der Waals surface area contributed by atoms with Crippen LogP contribution in [0.1, 0.15) is 10.4 Å². The van der Waals surface area contributed by atoms with E-state index in [9.17, 15) is 24.2 Å². The predicted molar refractivity (Wildman–Crippen MR) is 115 cm³/mol. The first kappa shape index (κ1) is 24.4. The second-order valence-electron chi connectivity index (χ2n) is 6.58. The van der Waals surface area contributed by atoms with Crippen molar-refractivity contribution >= 4 is 39.2 Å². The fourth-order valence-electron chi connectivity index (χ4n) is 2.63. The Bertz CT molecular complexity index is 1210. The molecule has 0 atom stereocenters. The molecule has 0 aliphatic rings. The zero-order valence-corrected chi connectivity index (χ0v) is 18.5. The van der Waals surface area contributed by atoms with Gasteiger partial charge in [0.25, 0.3) is 0 Å². The Hall–Kier alpha value is -3.25. The molecule has 1 heterocycles. The van der Waals surface area contributed by atoms with Crippen molar-refractivity contribution in [2.24, 2.45) is 0 Å². The van der Waals surface area contributed by atoms with Crippen LogP contribution in [0.2, 0.25) is 5.02 Å². The number of halogens is 6. The summed E-state index contributed by atoms with van der Waals surface area (Å²) in [5, 5.41) is 2.31. The van der Waals surface area contributed by atoms with E-state index in [0.29, 0.717) is 23.2 Å². The number of nitrogens with zero attached hydrogens (tertiary/aromatic N) is 1. The van der Waals surface area contributed by atoms with Gasteiger partial charge in [0.15, 0.2) is 0 Å². The van der Waals surface area contributed by atoms with Gasteiger partial charge in [0.1, 0.15) is 16.4 Å². The van der Waals surface area contributed by atoms with Crippen LogP contribution in [-0.4, -0.2) is 25.2 Å². The molecule has 178 valence electrons. The van der Waals surface area contributed by atoms with Gasteiger partial charge in [-0.3, -0.25) is 0 Å². The summed E-state index contributed by atoms with van der Waals surface area (Å²) in [6, 6.07) is 8.54. The summed E-state index contributed by atoms with van der Waals surface area (Å²) in [6.07, 6.45) is 1.32. The Kier molecular flexibility index (Phi) is 5.88. The van der Waals surface area contributed by atoms with E-state index in [1.165, 1.54) is 38.6 Å². The van der Waals surface area contributed by atoms with Crippen LogP contribution in [0.25, 0.3) is 0 Å². The summed E-state index contributed by atoms with van der Waals surface area (Å²) in [7, 11) is -7.19. The topological polar surface area (TPSA) is 69.7 Å². The molecule has 0 spiro atoms. The highest BCUT2D eigenvalue weighted by Gasteiger charge is 2.65. The number of hydrogen-bond donors (Lipinski definition) is 1. The van der Waals surface area contributed by atoms with Gasteiger partial charge in [-0.05, 0) is 42.5 Å². The molecular weight excluding hydrogens is 495 g/mol. The maximum Gasteiger partial charge on any atom is 0.340 e. The molecule has 3 aromatic rings. The summed E-state index contributed by atoms with van der Waals surface area (Å²) in [4.78, 5) is 13.9. The first-order chi connectivity index (χ1) is 15.2. The van der Waals surface area contributed by atoms with Crippen LogP contribution in [0.5, 0.6) is 17.4 Å². The second-order valence-corrected chi connectivity index (χ2v) is 9.39. The molecule has 1 aromatic heterocycles. The van der Waals surface area contributed by atoms with Gasteiger partial charge in [-0.15, -0.1) is 0 Å². The van der Waals surface area contributed by atoms with Gasteiger partial charge in [-0.2, -0.15) is 0 Å². The van der Waals surface area contributed by atoms with E-state index in [4.69, 9.17) is 25.8 Å². The van der Waals surface area contributed by atoms with Crippen LogP contribution >= 0.6 is 21.8 Å². The Morgan fingerprint density at radius 2 is 1.73 bits per heavy atom. The van der Waals surface area contributed by atoms with Crippen LogP contribution in [0, 0.1) is 0 Å². The molecule has 0 aliphatic carbocycles. The first-order valence-electron chi connectivity index (χ1n) is 8.91. The van der Waals surface area contributed by atoms with Crippen molar-refractivity contribution in [1.82, 2.24) is 4.98 Å². The Morgan fingerprint density at radius 3 is 2.27 bits per heavy atom. The van der Waals surface area contributed by atoms with Gasteiger partial charge in [0.2, 0.25) is 5.88 Å². The maximum absolute atomic E-state index is 12.9. The summed E-state index contributed by atoms with van der Waals surface area (Å²) < 4.78 is 79.6. The molecule has 0 unspecified atom stereocenters.